The van der Waals surface area contributed by atoms with Gasteiger partial charge in [-0.2, -0.15) is 0 Å². The fourth-order valence-electron chi connectivity index (χ4n) is 5.94. The fourth-order valence-corrected chi connectivity index (χ4v) is 7.99. The average Bonchev–Trinajstić information content (AvgIpc) is 3.08. The van der Waals surface area contributed by atoms with Crippen LogP contribution in [0.1, 0.15) is 48.8 Å². The predicted octanol–water partition coefficient (Wildman–Crippen LogP) is 8.24. The fraction of sp³-hybridized carbons (Fsp3) is 0.297. The first kappa shape index (κ1) is 35.7. The molecule has 0 aliphatic heterocycles. The maximum absolute atomic E-state index is 14.7. The summed E-state index contributed by atoms with van der Waals surface area (Å²) < 4.78 is 29.5. The van der Waals surface area contributed by atoms with Gasteiger partial charge in [0.1, 0.15) is 12.6 Å². The number of anilines is 1. The first-order valence-corrected chi connectivity index (χ1v) is 18.5. The molecule has 0 radical (unpaired) electrons. The Morgan fingerprint density at radius 2 is 1.50 bits per heavy atom. The monoisotopic (exact) mass is 725 g/mol. The van der Waals surface area contributed by atoms with E-state index in [2.05, 4.69) is 5.32 Å². The molecular formula is C37H38Cl3N3O4S. The van der Waals surface area contributed by atoms with Gasteiger partial charge in [0.2, 0.25) is 11.8 Å². The Kier molecular flexibility index (Phi) is 12.1. The molecule has 1 aliphatic rings. The minimum absolute atomic E-state index is 0.00882. The Balaban J connectivity index is 1.59. The van der Waals surface area contributed by atoms with E-state index < -0.39 is 28.5 Å². The van der Waals surface area contributed by atoms with Crippen molar-refractivity contribution in [2.75, 3.05) is 10.8 Å². The van der Waals surface area contributed by atoms with Crippen molar-refractivity contribution >= 4 is 62.3 Å². The van der Waals surface area contributed by atoms with Crippen LogP contribution in [0.2, 0.25) is 15.1 Å². The van der Waals surface area contributed by atoms with E-state index in [4.69, 9.17) is 34.8 Å². The molecule has 0 saturated heterocycles. The maximum atomic E-state index is 14.7. The van der Waals surface area contributed by atoms with Crippen LogP contribution in [-0.2, 0) is 32.6 Å². The highest BCUT2D eigenvalue weighted by Crippen LogP contribution is 2.34. The normalized spacial score (nSPS) is 14.2. The maximum Gasteiger partial charge on any atom is 0.264 e. The molecule has 2 amide bonds. The Labute approximate surface area is 297 Å². The van der Waals surface area contributed by atoms with Crippen LogP contribution >= 0.6 is 34.8 Å². The molecule has 1 atom stereocenters. The lowest BCUT2D eigenvalue weighted by Crippen LogP contribution is -2.55. The molecule has 0 spiro atoms. The highest BCUT2D eigenvalue weighted by atomic mass is 35.5. The second-order valence-electron chi connectivity index (χ2n) is 12.1. The quantitative estimate of drug-likeness (QED) is 0.159. The number of amides is 2. The number of rotatable bonds is 12. The second-order valence-corrected chi connectivity index (χ2v) is 15.2. The molecule has 0 heterocycles. The van der Waals surface area contributed by atoms with Gasteiger partial charge in [0.25, 0.3) is 10.0 Å². The smallest absolute Gasteiger partial charge is 0.264 e. The van der Waals surface area contributed by atoms with Gasteiger partial charge in [-0.3, -0.25) is 13.9 Å². The number of nitrogens with one attached hydrogen (secondary N) is 1. The van der Waals surface area contributed by atoms with Crippen LogP contribution in [-0.4, -0.2) is 43.8 Å². The van der Waals surface area contributed by atoms with Crippen LogP contribution < -0.4 is 9.62 Å². The summed E-state index contributed by atoms with van der Waals surface area (Å²) in [7, 11) is -4.33. The van der Waals surface area contributed by atoms with E-state index in [1.165, 1.54) is 29.2 Å². The second kappa shape index (κ2) is 16.2. The van der Waals surface area contributed by atoms with Crippen molar-refractivity contribution in [1.29, 1.82) is 0 Å². The van der Waals surface area contributed by atoms with E-state index in [-0.39, 0.29) is 45.5 Å². The Morgan fingerprint density at radius 1 is 0.833 bits per heavy atom. The number of halogens is 3. The van der Waals surface area contributed by atoms with Crippen molar-refractivity contribution in [2.45, 2.75) is 69.0 Å². The molecule has 1 aliphatic carbocycles. The van der Waals surface area contributed by atoms with Gasteiger partial charge in [0.05, 0.1) is 15.6 Å². The molecule has 7 nitrogen and oxygen atoms in total. The van der Waals surface area contributed by atoms with Crippen LogP contribution in [0.3, 0.4) is 0 Å². The molecule has 1 N–H and O–H groups in total. The SMILES string of the molecule is Cc1ccc(S(=O)(=O)N(CC(=O)N(Cc2ccccc2Cl)[C@H](Cc2ccccc2)C(=O)NC2CCCCC2)c2cc(Cl)ccc2Cl)cc1. The third-order valence-corrected chi connectivity index (χ3v) is 11.3. The van der Waals surface area contributed by atoms with E-state index in [9.17, 15) is 18.0 Å². The molecule has 252 valence electrons. The van der Waals surface area contributed by atoms with Crippen LogP contribution in [0.15, 0.2) is 102 Å². The van der Waals surface area contributed by atoms with Crippen molar-refractivity contribution < 1.29 is 18.0 Å². The van der Waals surface area contributed by atoms with Crippen molar-refractivity contribution in [2.24, 2.45) is 0 Å². The Bertz CT molecular complexity index is 1830. The van der Waals surface area contributed by atoms with Crippen LogP contribution in [0, 0.1) is 6.92 Å². The zero-order chi connectivity index (χ0) is 34.3. The minimum Gasteiger partial charge on any atom is -0.352 e. The first-order chi connectivity index (χ1) is 23.0. The predicted molar refractivity (Wildman–Crippen MR) is 193 cm³/mol. The summed E-state index contributed by atoms with van der Waals surface area (Å²) in [4.78, 5) is 30.4. The van der Waals surface area contributed by atoms with Crippen LogP contribution in [0.4, 0.5) is 5.69 Å². The van der Waals surface area contributed by atoms with Gasteiger partial charge in [-0.25, -0.2) is 8.42 Å². The number of hydrogen-bond donors (Lipinski definition) is 1. The number of aryl methyl sites for hydroxylation is 1. The Morgan fingerprint density at radius 3 is 2.19 bits per heavy atom. The van der Waals surface area contributed by atoms with Gasteiger partial charge >= 0.3 is 0 Å². The lowest BCUT2D eigenvalue weighted by Gasteiger charge is -2.35. The summed E-state index contributed by atoms with van der Waals surface area (Å²) >= 11 is 19.5. The van der Waals surface area contributed by atoms with Crippen molar-refractivity contribution in [3.63, 3.8) is 0 Å². The van der Waals surface area contributed by atoms with Crippen molar-refractivity contribution in [3.05, 3.63) is 129 Å². The summed E-state index contributed by atoms with van der Waals surface area (Å²) in [5, 5.41) is 3.96. The van der Waals surface area contributed by atoms with Crippen molar-refractivity contribution in [3.8, 4) is 0 Å². The molecule has 4 aromatic carbocycles. The molecule has 0 bridgehead atoms. The number of carbonyl (C=O) groups excluding carboxylic acids is 2. The number of carbonyl (C=O) groups is 2. The van der Waals surface area contributed by atoms with E-state index in [0.29, 0.717) is 10.6 Å². The molecule has 0 aromatic heterocycles. The molecule has 48 heavy (non-hydrogen) atoms. The number of sulfonamides is 1. The average molecular weight is 727 g/mol. The summed E-state index contributed by atoms with van der Waals surface area (Å²) in [5.41, 5.74) is 2.38. The lowest BCUT2D eigenvalue weighted by atomic mass is 9.94. The van der Waals surface area contributed by atoms with Gasteiger partial charge in [-0.05, 0) is 67.3 Å². The first-order valence-electron chi connectivity index (χ1n) is 15.9. The van der Waals surface area contributed by atoms with Gasteiger partial charge < -0.3 is 10.2 Å². The van der Waals surface area contributed by atoms with Crippen molar-refractivity contribution in [1.82, 2.24) is 10.2 Å². The molecule has 1 saturated carbocycles. The molecule has 0 unspecified atom stereocenters. The van der Waals surface area contributed by atoms with E-state index in [0.717, 1.165) is 47.5 Å². The van der Waals surface area contributed by atoms with E-state index in [1.807, 2.05) is 37.3 Å². The van der Waals surface area contributed by atoms with E-state index >= 15 is 0 Å². The van der Waals surface area contributed by atoms with Gasteiger partial charge in [-0.1, -0.05) is 120 Å². The molecule has 1 fully saturated rings. The minimum atomic E-state index is -4.33. The number of hydrogen-bond acceptors (Lipinski definition) is 4. The lowest BCUT2D eigenvalue weighted by molar-refractivity contribution is -0.140. The third kappa shape index (κ3) is 8.91. The molecule has 11 heteroatoms. The van der Waals surface area contributed by atoms with Gasteiger partial charge in [0, 0.05) is 29.1 Å². The largest absolute Gasteiger partial charge is 0.352 e. The number of nitrogens with zero attached hydrogens (tertiary/aromatic N) is 2. The summed E-state index contributed by atoms with van der Waals surface area (Å²) in [6, 6.07) is 26.3. The molecule has 4 aromatic rings. The molecule has 5 rings (SSSR count). The van der Waals surface area contributed by atoms with Crippen LogP contribution in [0.25, 0.3) is 0 Å². The van der Waals surface area contributed by atoms with Gasteiger partial charge in [-0.15, -0.1) is 0 Å². The number of benzene rings is 4. The zero-order valence-electron chi connectivity index (χ0n) is 26.6. The summed E-state index contributed by atoms with van der Waals surface area (Å²) in [6.45, 7) is 1.17. The summed E-state index contributed by atoms with van der Waals surface area (Å²) in [5.74, 6) is -0.915. The molecular weight excluding hydrogens is 689 g/mol. The Hall–Kier alpha value is -3.56. The third-order valence-electron chi connectivity index (χ3n) is 8.59. The van der Waals surface area contributed by atoms with Crippen LogP contribution in [0.5, 0.6) is 0 Å². The zero-order valence-corrected chi connectivity index (χ0v) is 29.7. The van der Waals surface area contributed by atoms with Gasteiger partial charge in [0.15, 0.2) is 0 Å². The highest BCUT2D eigenvalue weighted by molar-refractivity contribution is 7.92. The highest BCUT2D eigenvalue weighted by Gasteiger charge is 2.36. The standard InChI is InChI=1S/C37H38Cl3N3O4S/c1-26-16-19-31(20-17-26)48(46,47)43(34-23-29(38)18-21-33(34)40)25-36(44)42(24-28-12-8-9-15-32(28)39)35(22-27-10-4-2-5-11-27)37(45)41-30-13-6-3-7-14-30/h2,4-5,8-12,15-21,23,30,35H,3,6-7,13-14,22,24-25H2,1H3,(H,41,45)/t35-/m1/s1. The topological polar surface area (TPSA) is 86.8 Å². The summed E-state index contributed by atoms with van der Waals surface area (Å²) in [6.07, 6.45) is 5.08. The van der Waals surface area contributed by atoms with E-state index in [1.54, 1.807) is 42.5 Å².